The summed E-state index contributed by atoms with van der Waals surface area (Å²) in [4.78, 5) is 0.330. The molecule has 168 valence electrons. The van der Waals surface area contributed by atoms with E-state index in [0.29, 0.717) is 23.9 Å². The lowest BCUT2D eigenvalue weighted by molar-refractivity contribution is 0.296. The minimum Gasteiger partial charge on any atom is -0.477 e. The molecule has 7 heteroatoms. The van der Waals surface area contributed by atoms with E-state index < -0.39 is 15.5 Å². The first-order valence-corrected chi connectivity index (χ1v) is 12.6. The Balaban J connectivity index is 1.83. The maximum atomic E-state index is 14.2. The fourth-order valence-corrected chi connectivity index (χ4v) is 5.78. The van der Waals surface area contributed by atoms with Gasteiger partial charge in [-0.2, -0.15) is 9.46 Å². The van der Waals surface area contributed by atoms with Gasteiger partial charge in [0.05, 0.1) is 12.8 Å². The minimum absolute atomic E-state index is 0.330. The number of ether oxygens (including phenoxy) is 1. The Morgan fingerprint density at radius 2 is 1.36 bits per heavy atom. The zero-order chi connectivity index (χ0) is 22.7. The number of rotatable bonds is 5. The van der Waals surface area contributed by atoms with Crippen molar-refractivity contribution in [1.82, 2.24) is 9.78 Å². The molecule has 1 aliphatic heterocycles. The van der Waals surface area contributed by atoms with Crippen molar-refractivity contribution in [2.45, 2.75) is 29.8 Å². The van der Waals surface area contributed by atoms with Crippen molar-refractivity contribution in [3.05, 3.63) is 114 Å². The molecule has 0 saturated heterocycles. The highest BCUT2D eigenvalue weighted by molar-refractivity contribution is 7.91. The fraction of sp³-hybridized carbons (Fsp3) is 0.192. The molecule has 4 aromatic rings. The van der Waals surface area contributed by atoms with Crippen LogP contribution in [0.4, 0.5) is 0 Å². The van der Waals surface area contributed by atoms with Crippen molar-refractivity contribution in [1.29, 1.82) is 0 Å². The number of aryl methyl sites for hydroxylation is 1. The van der Waals surface area contributed by atoms with Gasteiger partial charge in [0.1, 0.15) is 20.3 Å². The van der Waals surface area contributed by atoms with E-state index >= 15 is 0 Å². The zero-order valence-electron chi connectivity index (χ0n) is 18.2. The maximum absolute atomic E-state index is 14.2. The number of nitrogens with zero attached hydrogens (tertiary/aromatic N) is 3. The van der Waals surface area contributed by atoms with Gasteiger partial charge in [0.25, 0.3) is 0 Å². The molecular weight excluding hydrogens is 432 g/mol. The molecule has 33 heavy (non-hydrogen) atoms. The Bertz CT molecular complexity index is 1250. The Hall–Kier alpha value is -3.42. The summed E-state index contributed by atoms with van der Waals surface area (Å²) < 4.78 is 26.9. The van der Waals surface area contributed by atoms with E-state index in [1.165, 1.54) is 6.20 Å². The third kappa shape index (κ3) is 3.94. The normalized spacial score (nSPS) is 15.5. The number of benzene rings is 3. The van der Waals surface area contributed by atoms with Gasteiger partial charge in [0.15, 0.2) is 0 Å². The van der Waals surface area contributed by atoms with E-state index in [2.05, 4.69) is 5.10 Å². The van der Waals surface area contributed by atoms with Gasteiger partial charge in [-0.25, -0.2) is 14.0 Å². The van der Waals surface area contributed by atoms with E-state index in [1.54, 1.807) is 4.68 Å². The van der Waals surface area contributed by atoms with Crippen molar-refractivity contribution in [3.63, 3.8) is 0 Å². The van der Waals surface area contributed by atoms with Crippen LogP contribution in [0.3, 0.4) is 0 Å². The Morgan fingerprint density at radius 1 is 0.848 bits per heavy atom. The third-order valence-corrected chi connectivity index (χ3v) is 7.38. The monoisotopic (exact) mass is 458 g/mol. The van der Waals surface area contributed by atoms with Gasteiger partial charge in [-0.05, 0) is 29.5 Å². The predicted octanol–water partition coefficient (Wildman–Crippen LogP) is 4.75. The van der Waals surface area contributed by atoms with E-state index in [9.17, 15) is 4.21 Å². The van der Waals surface area contributed by atoms with Crippen molar-refractivity contribution >= 4 is 9.92 Å². The molecule has 0 saturated carbocycles. The van der Waals surface area contributed by atoms with Crippen molar-refractivity contribution in [2.75, 3.05) is 6.61 Å². The average molecular weight is 459 g/mol. The van der Waals surface area contributed by atoms with Gasteiger partial charge < -0.3 is 4.74 Å². The molecule has 0 aliphatic carbocycles. The lowest BCUT2D eigenvalue weighted by Gasteiger charge is -2.32. The molecule has 0 radical (unpaired) electrons. The first-order chi connectivity index (χ1) is 16.1. The number of fused-ring (bicyclic) bond motifs is 1. The summed E-state index contributed by atoms with van der Waals surface area (Å²) >= 11 is 0. The molecule has 0 fully saturated rings. The number of aromatic nitrogens is 2. The van der Waals surface area contributed by atoms with E-state index in [1.807, 2.05) is 91.0 Å². The standard InChI is InChI=1S/C26H26N4O2S/c27-33(31,24-20-28-30-18-10-11-19-32-25(24)30)29-26(21-12-4-1-5-13-21,22-14-6-2-7-15-22)23-16-8-3-9-17-23/h1-9,12-17,20H,10-11,18-19H2,(H2,27,29,31). The summed E-state index contributed by atoms with van der Waals surface area (Å²) in [5.74, 6) is 0.451. The number of hydrogen-bond donors (Lipinski definition) is 1. The second-order valence-corrected chi connectivity index (χ2v) is 9.82. The molecule has 3 aromatic carbocycles. The quantitative estimate of drug-likeness (QED) is 0.438. The Labute approximate surface area is 194 Å². The summed E-state index contributed by atoms with van der Waals surface area (Å²) in [7, 11) is -3.41. The van der Waals surface area contributed by atoms with Crippen LogP contribution in [0.5, 0.6) is 5.88 Å². The minimum atomic E-state index is -3.41. The first-order valence-electron chi connectivity index (χ1n) is 11.0. The lowest BCUT2D eigenvalue weighted by Crippen LogP contribution is -2.31. The van der Waals surface area contributed by atoms with E-state index in [4.69, 9.17) is 14.2 Å². The summed E-state index contributed by atoms with van der Waals surface area (Å²) in [6.07, 6.45) is 3.39. The molecule has 0 bridgehead atoms. The number of hydrogen-bond acceptors (Lipinski definition) is 4. The topological polar surface area (TPSA) is 82.5 Å². The van der Waals surface area contributed by atoms with Crippen LogP contribution in [0, 0.1) is 0 Å². The average Bonchev–Trinajstić information content (AvgIpc) is 3.14. The maximum Gasteiger partial charge on any atom is 0.230 e. The molecule has 2 N–H and O–H groups in total. The van der Waals surface area contributed by atoms with Crippen LogP contribution in [0.1, 0.15) is 29.5 Å². The van der Waals surface area contributed by atoms with Crippen LogP contribution in [0.2, 0.25) is 0 Å². The second kappa shape index (κ2) is 8.84. The molecule has 1 unspecified atom stereocenters. The van der Waals surface area contributed by atoms with Crippen molar-refractivity contribution < 1.29 is 8.95 Å². The Morgan fingerprint density at radius 3 is 1.88 bits per heavy atom. The largest absolute Gasteiger partial charge is 0.477 e. The zero-order valence-corrected chi connectivity index (χ0v) is 19.0. The van der Waals surface area contributed by atoms with Crippen LogP contribution < -0.4 is 9.88 Å². The summed E-state index contributed by atoms with van der Waals surface area (Å²) in [6.45, 7) is 1.24. The van der Waals surface area contributed by atoms with Crippen molar-refractivity contribution in [3.8, 4) is 5.88 Å². The molecule has 1 aromatic heterocycles. The molecule has 1 atom stereocenters. The van der Waals surface area contributed by atoms with Crippen LogP contribution in [0.25, 0.3) is 0 Å². The number of nitrogens with two attached hydrogens (primary N) is 1. The molecule has 6 nitrogen and oxygen atoms in total. The smallest absolute Gasteiger partial charge is 0.230 e. The highest BCUT2D eigenvalue weighted by Gasteiger charge is 2.38. The molecule has 2 heterocycles. The molecular formula is C26H26N4O2S. The summed E-state index contributed by atoms with van der Waals surface area (Å²) in [6, 6.07) is 29.6. The molecule has 0 amide bonds. The fourth-order valence-electron chi connectivity index (χ4n) is 4.34. The highest BCUT2D eigenvalue weighted by Crippen LogP contribution is 2.42. The summed E-state index contributed by atoms with van der Waals surface area (Å²) in [5, 5.41) is 11.0. The highest BCUT2D eigenvalue weighted by atomic mass is 32.2. The third-order valence-electron chi connectivity index (χ3n) is 5.92. The molecule has 0 spiro atoms. The second-order valence-electron chi connectivity index (χ2n) is 8.06. The van der Waals surface area contributed by atoms with Crippen LogP contribution in [0.15, 0.2) is 106 Å². The van der Waals surface area contributed by atoms with E-state index in [-0.39, 0.29) is 0 Å². The van der Waals surface area contributed by atoms with Crippen LogP contribution in [-0.2, 0) is 22.0 Å². The van der Waals surface area contributed by atoms with Gasteiger partial charge in [-0.3, -0.25) is 0 Å². The summed E-state index contributed by atoms with van der Waals surface area (Å²) in [5.41, 5.74) is 1.54. The van der Waals surface area contributed by atoms with Crippen molar-refractivity contribution in [2.24, 2.45) is 9.50 Å². The van der Waals surface area contributed by atoms with E-state index in [0.717, 1.165) is 29.5 Å². The Kier molecular flexibility index (Phi) is 5.74. The van der Waals surface area contributed by atoms with Gasteiger partial charge in [-0.15, -0.1) is 0 Å². The molecule has 1 aliphatic rings. The molecule has 5 rings (SSSR count). The van der Waals surface area contributed by atoms with Gasteiger partial charge in [0.2, 0.25) is 5.88 Å². The van der Waals surface area contributed by atoms with Gasteiger partial charge in [-0.1, -0.05) is 91.0 Å². The first kappa shape index (κ1) is 21.4. The SMILES string of the molecule is NS(=O)(=NC(c1ccccc1)(c1ccccc1)c1ccccc1)c1cnn2c1OCCCC2. The van der Waals surface area contributed by atoms with Crippen LogP contribution in [-0.4, -0.2) is 20.6 Å². The van der Waals surface area contributed by atoms with Gasteiger partial charge in [0, 0.05) is 6.54 Å². The lowest BCUT2D eigenvalue weighted by atomic mass is 9.78. The van der Waals surface area contributed by atoms with Crippen LogP contribution >= 0.6 is 0 Å². The predicted molar refractivity (Wildman–Crippen MR) is 129 cm³/mol. The van der Waals surface area contributed by atoms with Gasteiger partial charge >= 0.3 is 0 Å².